The molecule has 2 heterocycles. The van der Waals surface area contributed by atoms with Crippen LogP contribution in [-0.4, -0.2) is 43.2 Å². The molecule has 5 rings (SSSR count). The van der Waals surface area contributed by atoms with Crippen LogP contribution in [0.1, 0.15) is 21.5 Å². The van der Waals surface area contributed by atoms with Gasteiger partial charge >= 0.3 is 0 Å². The van der Waals surface area contributed by atoms with Gasteiger partial charge in [0.15, 0.2) is 0 Å². The van der Waals surface area contributed by atoms with Gasteiger partial charge in [0.25, 0.3) is 5.91 Å². The Morgan fingerprint density at radius 3 is 2.44 bits per heavy atom. The maximum atomic E-state index is 12.8. The molecule has 2 N–H and O–H groups in total. The zero-order valence-corrected chi connectivity index (χ0v) is 21.3. The minimum absolute atomic E-state index is 0. The van der Waals surface area contributed by atoms with Gasteiger partial charge in [0.05, 0.1) is 17.0 Å². The maximum Gasteiger partial charge on any atom is 0.259 e. The van der Waals surface area contributed by atoms with Gasteiger partial charge in [0.1, 0.15) is 12.4 Å². The highest BCUT2D eigenvalue weighted by atomic mass is 35.5. The second-order valence-electron chi connectivity index (χ2n) is 8.22. The molecule has 2 amide bonds. The molecule has 0 radical (unpaired) electrons. The lowest BCUT2D eigenvalue weighted by Crippen LogP contribution is -2.19. The number of nitrogens with zero attached hydrogens (tertiary/aromatic N) is 3. The number of halogens is 2. The third-order valence-corrected chi connectivity index (χ3v) is 5.70. The van der Waals surface area contributed by atoms with Crippen molar-refractivity contribution in [3.8, 4) is 0 Å². The van der Waals surface area contributed by atoms with E-state index in [-0.39, 0.29) is 43.2 Å². The molecule has 7 nitrogen and oxygen atoms in total. The van der Waals surface area contributed by atoms with E-state index in [9.17, 15) is 9.59 Å². The van der Waals surface area contributed by atoms with Crippen molar-refractivity contribution in [3.63, 3.8) is 0 Å². The van der Waals surface area contributed by atoms with Crippen LogP contribution in [0, 0.1) is 0 Å². The van der Waals surface area contributed by atoms with E-state index in [1.807, 2.05) is 74.8 Å². The molecule has 4 aromatic rings. The van der Waals surface area contributed by atoms with Crippen molar-refractivity contribution in [1.82, 2.24) is 4.98 Å². The number of fused-ring (bicyclic) bond motifs is 3. The van der Waals surface area contributed by atoms with Crippen LogP contribution >= 0.6 is 24.8 Å². The quantitative estimate of drug-likeness (QED) is 0.387. The summed E-state index contributed by atoms with van der Waals surface area (Å²) < 4.78 is 0. The van der Waals surface area contributed by atoms with E-state index < -0.39 is 0 Å². The van der Waals surface area contributed by atoms with Gasteiger partial charge in [0.2, 0.25) is 5.91 Å². The molecule has 0 atom stereocenters. The van der Waals surface area contributed by atoms with Gasteiger partial charge in [-0.3, -0.25) is 14.6 Å². The van der Waals surface area contributed by atoms with Crippen molar-refractivity contribution >= 4 is 70.3 Å². The molecule has 1 aliphatic rings. The van der Waals surface area contributed by atoms with E-state index in [2.05, 4.69) is 20.6 Å². The Bertz CT molecular complexity index is 1450. The first-order valence-electron chi connectivity index (χ1n) is 10.9. The second-order valence-corrected chi connectivity index (χ2v) is 8.22. The number of anilines is 3. The highest BCUT2D eigenvalue weighted by Gasteiger charge is 2.20. The van der Waals surface area contributed by atoms with E-state index in [1.165, 1.54) is 0 Å². The normalized spacial score (nSPS) is 12.2. The van der Waals surface area contributed by atoms with Gasteiger partial charge in [-0.25, -0.2) is 4.98 Å². The predicted molar refractivity (Wildman–Crippen MR) is 151 cm³/mol. The Morgan fingerprint density at radius 1 is 0.944 bits per heavy atom. The summed E-state index contributed by atoms with van der Waals surface area (Å²) in [7, 11) is 3.70. The number of aliphatic imine (C=N–C) groups is 1. The predicted octanol–water partition coefficient (Wildman–Crippen LogP) is 5.19. The molecule has 36 heavy (non-hydrogen) atoms. The van der Waals surface area contributed by atoms with Crippen molar-refractivity contribution in [2.75, 3.05) is 36.2 Å². The van der Waals surface area contributed by atoms with E-state index >= 15 is 0 Å². The monoisotopic (exact) mass is 521 g/mol. The highest BCUT2D eigenvalue weighted by molar-refractivity contribution is 6.23. The fourth-order valence-corrected chi connectivity index (χ4v) is 4.11. The number of carbonyl (C=O) groups excluding carboxylic acids is 2. The van der Waals surface area contributed by atoms with E-state index in [4.69, 9.17) is 0 Å². The summed E-state index contributed by atoms with van der Waals surface area (Å²) in [6.07, 6.45) is 1.66. The molecule has 3 aromatic carbocycles. The van der Waals surface area contributed by atoms with Gasteiger partial charge in [-0.2, -0.15) is 0 Å². The van der Waals surface area contributed by atoms with Crippen LogP contribution in [-0.2, 0) is 4.79 Å². The summed E-state index contributed by atoms with van der Waals surface area (Å²) >= 11 is 0. The van der Waals surface area contributed by atoms with Gasteiger partial charge in [0, 0.05) is 42.5 Å². The summed E-state index contributed by atoms with van der Waals surface area (Å²) in [5.41, 5.74) is 4.39. The van der Waals surface area contributed by atoms with Gasteiger partial charge in [-0.05, 0) is 29.7 Å². The van der Waals surface area contributed by atoms with Crippen LogP contribution in [0.3, 0.4) is 0 Å². The van der Waals surface area contributed by atoms with Crippen molar-refractivity contribution in [3.05, 3.63) is 95.7 Å². The van der Waals surface area contributed by atoms with Crippen molar-refractivity contribution in [2.24, 2.45) is 4.99 Å². The van der Waals surface area contributed by atoms with Crippen molar-refractivity contribution in [1.29, 1.82) is 0 Å². The first kappa shape index (κ1) is 26.7. The molecular formula is C27H25Cl2N5O2. The molecular weight excluding hydrogens is 497 g/mol. The average Bonchev–Trinajstić information content (AvgIpc) is 3.03. The fourth-order valence-electron chi connectivity index (χ4n) is 4.11. The van der Waals surface area contributed by atoms with Crippen molar-refractivity contribution in [2.45, 2.75) is 0 Å². The summed E-state index contributed by atoms with van der Waals surface area (Å²) in [5.74, 6) is 0.220. The molecule has 1 aliphatic heterocycles. The summed E-state index contributed by atoms with van der Waals surface area (Å²) in [6.45, 7) is 0.0468. The number of amides is 2. The Kier molecular flexibility index (Phi) is 8.29. The molecule has 0 aliphatic carbocycles. The zero-order chi connectivity index (χ0) is 23.7. The Morgan fingerprint density at radius 2 is 1.69 bits per heavy atom. The van der Waals surface area contributed by atoms with E-state index in [1.54, 1.807) is 23.2 Å². The smallest absolute Gasteiger partial charge is 0.259 e. The standard InChI is InChI=1S/C27H23N5O2.2ClH/c1-32(2)26-22(8-5-15-28-26)27(34)30-19-12-9-18(10-13-19)24-21-14-11-17-6-3-4-7-20(17)25(21)31-23(33)16-29-24;;/h3-15H,16H2,1-2H3,(H,30,34)(H,31,33);2*1H. The number of nitrogens with one attached hydrogen (secondary N) is 2. The summed E-state index contributed by atoms with van der Waals surface area (Å²) in [6, 6.07) is 22.9. The first-order valence-corrected chi connectivity index (χ1v) is 10.9. The van der Waals surface area contributed by atoms with Crippen LogP contribution in [0.2, 0.25) is 0 Å². The number of pyridine rings is 1. The number of hydrogen-bond acceptors (Lipinski definition) is 5. The molecule has 0 fully saturated rings. The highest BCUT2D eigenvalue weighted by Crippen LogP contribution is 2.31. The zero-order valence-electron chi connectivity index (χ0n) is 19.7. The third-order valence-electron chi connectivity index (χ3n) is 5.70. The second kappa shape index (κ2) is 11.2. The topological polar surface area (TPSA) is 86.7 Å². The van der Waals surface area contributed by atoms with Gasteiger partial charge in [-0.15, -0.1) is 24.8 Å². The lowest BCUT2D eigenvalue weighted by molar-refractivity contribution is -0.114. The number of hydrogen-bond donors (Lipinski definition) is 2. The average molecular weight is 522 g/mol. The summed E-state index contributed by atoms with van der Waals surface area (Å²) in [4.78, 5) is 35.9. The Labute approximate surface area is 221 Å². The largest absolute Gasteiger partial charge is 0.362 e. The van der Waals surface area contributed by atoms with Gasteiger partial charge in [-0.1, -0.05) is 48.5 Å². The minimum Gasteiger partial charge on any atom is -0.362 e. The molecule has 0 spiro atoms. The summed E-state index contributed by atoms with van der Waals surface area (Å²) in [5, 5.41) is 7.97. The molecule has 0 saturated carbocycles. The molecule has 0 unspecified atom stereocenters. The lowest BCUT2D eigenvalue weighted by atomic mass is 9.96. The van der Waals surface area contributed by atoms with Crippen LogP contribution in [0.15, 0.2) is 84.0 Å². The molecule has 1 aromatic heterocycles. The SMILES string of the molecule is CN(C)c1ncccc1C(=O)Nc1ccc(C2=NCC(=O)Nc3c2ccc2ccccc32)cc1.Cl.Cl. The Balaban J connectivity index is 0.00000180. The Hall–Kier alpha value is -3.94. The minimum atomic E-state index is -0.233. The van der Waals surface area contributed by atoms with Crippen molar-refractivity contribution < 1.29 is 9.59 Å². The first-order chi connectivity index (χ1) is 16.5. The molecule has 0 saturated heterocycles. The fraction of sp³-hybridized carbons (Fsp3) is 0.111. The lowest BCUT2D eigenvalue weighted by Gasteiger charge is -2.16. The van der Waals surface area contributed by atoms with Gasteiger partial charge < -0.3 is 15.5 Å². The third kappa shape index (κ3) is 5.17. The number of rotatable bonds is 4. The van der Waals surface area contributed by atoms with E-state index in [0.29, 0.717) is 17.1 Å². The van der Waals surface area contributed by atoms with Crippen LogP contribution < -0.4 is 15.5 Å². The number of benzene rings is 3. The van der Waals surface area contributed by atoms with Crippen LogP contribution in [0.4, 0.5) is 17.2 Å². The van der Waals surface area contributed by atoms with Crippen LogP contribution in [0.5, 0.6) is 0 Å². The van der Waals surface area contributed by atoms with Crippen LogP contribution in [0.25, 0.3) is 10.8 Å². The number of aromatic nitrogens is 1. The molecule has 0 bridgehead atoms. The molecule has 9 heteroatoms. The van der Waals surface area contributed by atoms with E-state index in [0.717, 1.165) is 33.3 Å². The molecule has 184 valence electrons. The number of carbonyl (C=O) groups is 2. The maximum absolute atomic E-state index is 12.8.